The van der Waals surface area contributed by atoms with Crippen LogP contribution in [0.25, 0.3) is 0 Å². The Balaban J connectivity index is 2.76. The monoisotopic (exact) mass is 315 g/mol. The van der Waals surface area contributed by atoms with Crippen molar-refractivity contribution in [2.75, 3.05) is 32.7 Å². The van der Waals surface area contributed by atoms with Crippen LogP contribution in [0, 0.1) is 5.41 Å². The van der Waals surface area contributed by atoms with Crippen LogP contribution < -0.4 is 11.1 Å². The summed E-state index contributed by atoms with van der Waals surface area (Å²) in [4.78, 5) is 0. The van der Waals surface area contributed by atoms with Gasteiger partial charge in [0.25, 0.3) is 0 Å². The molecule has 1 aromatic rings. The molecule has 0 fully saturated rings. The fourth-order valence-electron chi connectivity index (χ4n) is 1.52. The summed E-state index contributed by atoms with van der Waals surface area (Å²) >= 11 is 3.39. The van der Waals surface area contributed by atoms with Gasteiger partial charge in [-0.15, -0.1) is 0 Å². The van der Waals surface area contributed by atoms with E-state index in [1.165, 1.54) is 0 Å². The Hall–Kier alpha value is -1.11. The zero-order valence-corrected chi connectivity index (χ0v) is 12.1. The van der Waals surface area contributed by atoms with E-state index >= 15 is 0 Å². The Bertz CT molecular complexity index is 412. The maximum Gasteiger partial charge on any atom is 0.124 e. The van der Waals surface area contributed by atoms with Crippen molar-refractivity contribution in [2.24, 2.45) is 5.73 Å². The number of halogens is 1. The van der Waals surface area contributed by atoms with Gasteiger partial charge in [-0.1, -0.05) is 15.9 Å². The van der Waals surface area contributed by atoms with E-state index in [-0.39, 0.29) is 11.9 Å². The van der Waals surface area contributed by atoms with E-state index in [1.54, 1.807) is 20.3 Å². The first-order valence-electron chi connectivity index (χ1n) is 5.48. The van der Waals surface area contributed by atoms with Crippen molar-refractivity contribution < 1.29 is 9.47 Å². The predicted octanol–water partition coefficient (Wildman–Crippen LogP) is 1.81. The number of amidine groups is 1. The van der Waals surface area contributed by atoms with Crippen molar-refractivity contribution in [1.82, 2.24) is 0 Å². The predicted molar refractivity (Wildman–Crippen MR) is 76.3 cm³/mol. The smallest absolute Gasteiger partial charge is 0.124 e. The molecule has 0 aliphatic heterocycles. The third-order valence-corrected chi connectivity index (χ3v) is 2.97. The van der Waals surface area contributed by atoms with Crippen LogP contribution in [-0.4, -0.2) is 39.3 Å². The van der Waals surface area contributed by atoms with Gasteiger partial charge in [0.2, 0.25) is 0 Å². The Labute approximate surface area is 115 Å². The van der Waals surface area contributed by atoms with Gasteiger partial charge in [-0.25, -0.2) is 0 Å². The summed E-state index contributed by atoms with van der Waals surface area (Å²) in [7, 11) is 3.27. The maximum atomic E-state index is 7.52. The first kappa shape index (κ1) is 14.9. The van der Waals surface area contributed by atoms with Gasteiger partial charge in [-0.2, -0.15) is 0 Å². The largest absolute Gasteiger partial charge is 0.384 e. The summed E-state index contributed by atoms with van der Waals surface area (Å²) in [6, 6.07) is 5.54. The van der Waals surface area contributed by atoms with Gasteiger partial charge in [0.1, 0.15) is 5.84 Å². The Morgan fingerprint density at radius 2 is 2.22 bits per heavy atom. The number of hydrogen-bond acceptors (Lipinski definition) is 4. The minimum absolute atomic E-state index is 0.0331. The summed E-state index contributed by atoms with van der Waals surface area (Å²) in [6.45, 7) is 1.09. The van der Waals surface area contributed by atoms with E-state index in [9.17, 15) is 0 Å². The Morgan fingerprint density at radius 3 is 2.78 bits per heavy atom. The van der Waals surface area contributed by atoms with Crippen LogP contribution in [0.1, 0.15) is 5.56 Å². The zero-order chi connectivity index (χ0) is 13.5. The Kier molecular flexibility index (Phi) is 6.11. The van der Waals surface area contributed by atoms with E-state index in [0.717, 1.165) is 10.2 Å². The van der Waals surface area contributed by atoms with Crippen molar-refractivity contribution in [1.29, 1.82) is 5.41 Å². The molecule has 0 saturated heterocycles. The summed E-state index contributed by atoms with van der Waals surface area (Å²) in [5.74, 6) is 0.0331. The lowest BCUT2D eigenvalue weighted by Crippen LogP contribution is -2.27. The molecular formula is C12H18BrN3O2. The Morgan fingerprint density at radius 1 is 1.50 bits per heavy atom. The second-order valence-corrected chi connectivity index (χ2v) is 4.71. The number of ether oxygens (including phenoxy) is 2. The minimum Gasteiger partial charge on any atom is -0.384 e. The van der Waals surface area contributed by atoms with E-state index in [4.69, 9.17) is 20.6 Å². The van der Waals surface area contributed by atoms with Crippen LogP contribution in [0.3, 0.4) is 0 Å². The van der Waals surface area contributed by atoms with Crippen molar-refractivity contribution in [3.8, 4) is 0 Å². The average molecular weight is 316 g/mol. The molecule has 0 aromatic heterocycles. The van der Waals surface area contributed by atoms with Crippen LogP contribution >= 0.6 is 15.9 Å². The van der Waals surface area contributed by atoms with E-state index in [1.807, 2.05) is 12.1 Å². The van der Waals surface area contributed by atoms with Crippen LogP contribution in [-0.2, 0) is 9.47 Å². The van der Waals surface area contributed by atoms with E-state index < -0.39 is 0 Å². The lowest BCUT2D eigenvalue weighted by Gasteiger charge is -2.17. The fourth-order valence-corrected chi connectivity index (χ4v) is 1.88. The molecule has 0 radical (unpaired) electrons. The van der Waals surface area contributed by atoms with Crippen molar-refractivity contribution >= 4 is 27.5 Å². The molecule has 1 atom stereocenters. The van der Waals surface area contributed by atoms with Gasteiger partial charge in [0.15, 0.2) is 0 Å². The molecule has 0 bridgehead atoms. The van der Waals surface area contributed by atoms with E-state index in [2.05, 4.69) is 21.2 Å². The molecule has 0 aliphatic rings. The molecule has 100 valence electrons. The molecule has 0 amide bonds. The highest BCUT2D eigenvalue weighted by atomic mass is 79.9. The molecule has 1 unspecified atom stereocenters. The summed E-state index contributed by atoms with van der Waals surface area (Å²) in [5.41, 5.74) is 7.01. The SMILES string of the molecule is COCC(CNc1cc(Br)ccc1C(=N)N)OC. The molecule has 0 saturated carbocycles. The maximum absolute atomic E-state index is 7.52. The van der Waals surface area contributed by atoms with E-state index in [0.29, 0.717) is 18.7 Å². The highest BCUT2D eigenvalue weighted by Gasteiger charge is 2.10. The number of nitrogen functional groups attached to an aromatic ring is 1. The lowest BCUT2D eigenvalue weighted by atomic mass is 10.1. The van der Waals surface area contributed by atoms with Crippen LogP contribution in [0.5, 0.6) is 0 Å². The third kappa shape index (κ3) is 4.29. The molecule has 4 N–H and O–H groups in total. The second kappa shape index (κ2) is 7.35. The minimum atomic E-state index is -0.0474. The molecule has 6 heteroatoms. The van der Waals surface area contributed by atoms with Crippen LogP contribution in [0.4, 0.5) is 5.69 Å². The van der Waals surface area contributed by atoms with Crippen LogP contribution in [0.15, 0.2) is 22.7 Å². The summed E-state index contributed by atoms with van der Waals surface area (Å²) in [6.07, 6.45) is -0.0474. The normalized spacial score (nSPS) is 12.2. The number of rotatable bonds is 7. The molecule has 0 heterocycles. The number of benzene rings is 1. The van der Waals surface area contributed by atoms with Crippen molar-refractivity contribution in [2.45, 2.75) is 6.10 Å². The summed E-state index contributed by atoms with van der Waals surface area (Å²) in [5, 5.41) is 10.7. The first-order chi connectivity index (χ1) is 8.58. The number of methoxy groups -OCH3 is 2. The van der Waals surface area contributed by atoms with Crippen LogP contribution in [0.2, 0.25) is 0 Å². The summed E-state index contributed by atoms with van der Waals surface area (Å²) < 4.78 is 11.2. The molecular weight excluding hydrogens is 298 g/mol. The number of nitrogens with one attached hydrogen (secondary N) is 2. The molecule has 1 aromatic carbocycles. The lowest BCUT2D eigenvalue weighted by molar-refractivity contribution is 0.0365. The van der Waals surface area contributed by atoms with Crippen molar-refractivity contribution in [3.05, 3.63) is 28.2 Å². The van der Waals surface area contributed by atoms with Gasteiger partial charge in [-0.3, -0.25) is 5.41 Å². The fraction of sp³-hybridized carbons (Fsp3) is 0.417. The number of nitrogens with two attached hydrogens (primary N) is 1. The molecule has 1 rings (SSSR count). The third-order valence-electron chi connectivity index (χ3n) is 2.48. The van der Waals surface area contributed by atoms with Crippen molar-refractivity contribution in [3.63, 3.8) is 0 Å². The molecule has 18 heavy (non-hydrogen) atoms. The standard InChI is InChI=1S/C12H18BrN3O2/c1-17-7-9(18-2)6-16-11-5-8(13)3-4-10(11)12(14)15/h3-5,9,16H,6-7H2,1-2H3,(H3,14,15). The zero-order valence-electron chi connectivity index (χ0n) is 10.5. The molecule has 0 spiro atoms. The topological polar surface area (TPSA) is 80.4 Å². The average Bonchev–Trinajstić information content (AvgIpc) is 2.34. The molecule has 0 aliphatic carbocycles. The molecule has 5 nitrogen and oxygen atoms in total. The number of hydrogen-bond donors (Lipinski definition) is 3. The first-order valence-corrected chi connectivity index (χ1v) is 6.27. The number of anilines is 1. The second-order valence-electron chi connectivity index (χ2n) is 3.80. The van der Waals surface area contributed by atoms with Gasteiger partial charge >= 0.3 is 0 Å². The van der Waals surface area contributed by atoms with Gasteiger partial charge < -0.3 is 20.5 Å². The highest BCUT2D eigenvalue weighted by molar-refractivity contribution is 9.10. The quantitative estimate of drug-likeness (QED) is 0.529. The van der Waals surface area contributed by atoms with Gasteiger partial charge in [-0.05, 0) is 18.2 Å². The highest BCUT2D eigenvalue weighted by Crippen LogP contribution is 2.21. The van der Waals surface area contributed by atoms with Gasteiger partial charge in [0, 0.05) is 36.5 Å². The van der Waals surface area contributed by atoms with Gasteiger partial charge in [0.05, 0.1) is 12.7 Å².